The first-order valence-electron chi connectivity index (χ1n) is 5.69. The predicted octanol–water partition coefficient (Wildman–Crippen LogP) is 1.77. The van der Waals surface area contributed by atoms with Gasteiger partial charge in [0.05, 0.1) is 11.6 Å². The highest BCUT2D eigenvalue weighted by molar-refractivity contribution is 6.28. The lowest BCUT2D eigenvalue weighted by Gasteiger charge is -2.05. The molecule has 0 bridgehead atoms. The largest absolute Gasteiger partial charge is 0.424 e. The minimum atomic E-state index is -0.0286. The molecule has 102 valence electrons. The normalized spacial score (nSPS) is 10.1. The zero-order chi connectivity index (χ0) is 14.7. The smallest absolute Gasteiger partial charge is 0.328 e. The average Bonchev–Trinajstić information content (AvgIpc) is 3.02. The number of hydrogen-bond donors (Lipinski definition) is 0. The van der Waals surface area contributed by atoms with Gasteiger partial charge in [-0.3, -0.25) is 0 Å². The van der Waals surface area contributed by atoms with E-state index in [-0.39, 0.29) is 17.2 Å². The molecule has 0 N–H and O–H groups in total. The van der Waals surface area contributed by atoms with Gasteiger partial charge in [-0.25, -0.2) is 4.98 Å². The van der Waals surface area contributed by atoms with Gasteiger partial charge in [0, 0.05) is 0 Å². The molecule has 0 unspecified atom stereocenters. The van der Waals surface area contributed by atoms with Crippen molar-refractivity contribution in [1.29, 1.82) is 5.26 Å². The van der Waals surface area contributed by atoms with Crippen molar-refractivity contribution in [1.82, 2.24) is 29.7 Å². The summed E-state index contributed by atoms with van der Waals surface area (Å²) in [5, 5.41) is 12.6. The highest BCUT2D eigenvalue weighted by atomic mass is 35.5. The van der Waals surface area contributed by atoms with Gasteiger partial charge in [0.2, 0.25) is 5.28 Å². The van der Waals surface area contributed by atoms with Gasteiger partial charge in [-0.2, -0.15) is 30.0 Å². The van der Waals surface area contributed by atoms with Crippen LogP contribution in [0.25, 0.3) is 5.95 Å². The van der Waals surface area contributed by atoms with Crippen LogP contribution in [0.1, 0.15) is 5.56 Å². The number of hydrogen-bond acceptors (Lipinski definition) is 7. The molecule has 0 spiro atoms. The maximum Gasteiger partial charge on any atom is 0.328 e. The van der Waals surface area contributed by atoms with Crippen molar-refractivity contribution in [2.24, 2.45) is 0 Å². The number of rotatable bonds is 3. The van der Waals surface area contributed by atoms with Gasteiger partial charge in [-0.15, -0.1) is 0 Å². The fraction of sp³-hybridized carbons (Fsp3) is 0. The SMILES string of the molecule is N#Cc1ccc(Oc2nc(Cl)nc(-n3cncn3)n2)cc1. The third-order valence-electron chi connectivity index (χ3n) is 2.39. The highest BCUT2D eigenvalue weighted by Crippen LogP contribution is 2.19. The standard InChI is InChI=1S/C12H6ClN7O/c13-10-17-11(20-7-15-6-16-20)19-12(18-10)21-9-3-1-8(5-14)2-4-9/h1-4,6-7H. The van der Waals surface area contributed by atoms with E-state index in [1.807, 2.05) is 6.07 Å². The molecule has 0 aliphatic rings. The molecule has 0 radical (unpaired) electrons. The van der Waals surface area contributed by atoms with Gasteiger partial charge >= 0.3 is 6.01 Å². The first-order valence-corrected chi connectivity index (χ1v) is 6.07. The molecule has 3 aromatic rings. The number of nitrogens with zero attached hydrogens (tertiary/aromatic N) is 7. The lowest BCUT2D eigenvalue weighted by atomic mass is 10.2. The van der Waals surface area contributed by atoms with Crippen molar-refractivity contribution in [3.8, 4) is 23.8 Å². The van der Waals surface area contributed by atoms with E-state index < -0.39 is 0 Å². The van der Waals surface area contributed by atoms with E-state index in [4.69, 9.17) is 21.6 Å². The third-order valence-corrected chi connectivity index (χ3v) is 2.56. The van der Waals surface area contributed by atoms with Crippen molar-refractivity contribution in [2.45, 2.75) is 0 Å². The van der Waals surface area contributed by atoms with Crippen molar-refractivity contribution < 1.29 is 4.74 Å². The Hall–Kier alpha value is -3.05. The third kappa shape index (κ3) is 2.93. The number of benzene rings is 1. The number of aromatic nitrogens is 6. The molecule has 0 aliphatic carbocycles. The molecule has 0 amide bonds. The van der Waals surface area contributed by atoms with Gasteiger partial charge < -0.3 is 4.74 Å². The predicted molar refractivity (Wildman–Crippen MR) is 71.0 cm³/mol. The van der Waals surface area contributed by atoms with Crippen LogP contribution in [0.3, 0.4) is 0 Å². The van der Waals surface area contributed by atoms with Crippen LogP contribution in [0.4, 0.5) is 0 Å². The summed E-state index contributed by atoms with van der Waals surface area (Å²) >= 11 is 5.83. The first-order chi connectivity index (χ1) is 10.2. The summed E-state index contributed by atoms with van der Waals surface area (Å²) in [6.07, 6.45) is 2.77. The van der Waals surface area contributed by atoms with E-state index in [1.54, 1.807) is 24.3 Å². The van der Waals surface area contributed by atoms with Gasteiger partial charge in [0.1, 0.15) is 18.4 Å². The summed E-state index contributed by atoms with van der Waals surface area (Å²) in [7, 11) is 0. The van der Waals surface area contributed by atoms with Gasteiger partial charge in [-0.1, -0.05) is 0 Å². The monoisotopic (exact) mass is 299 g/mol. The van der Waals surface area contributed by atoms with Gasteiger partial charge in [0.25, 0.3) is 5.95 Å². The minimum absolute atomic E-state index is 0.0187. The van der Waals surface area contributed by atoms with Crippen LogP contribution >= 0.6 is 11.6 Å². The Morgan fingerprint density at radius 1 is 1.14 bits per heavy atom. The van der Waals surface area contributed by atoms with E-state index in [2.05, 4.69) is 25.0 Å². The Bertz CT molecular complexity index is 795. The number of ether oxygens (including phenoxy) is 1. The Kier molecular flexibility index (Phi) is 3.41. The summed E-state index contributed by atoms with van der Waals surface area (Å²) in [4.78, 5) is 15.7. The van der Waals surface area contributed by atoms with Gasteiger partial charge in [0.15, 0.2) is 0 Å². The summed E-state index contributed by atoms with van der Waals surface area (Å²) in [6.45, 7) is 0. The van der Waals surface area contributed by atoms with Crippen LogP contribution in [0.5, 0.6) is 11.8 Å². The summed E-state index contributed by atoms with van der Waals surface area (Å²) in [5.74, 6) is 0.664. The summed E-state index contributed by atoms with van der Waals surface area (Å²) in [5.41, 5.74) is 0.527. The molecule has 0 aliphatic heterocycles. The van der Waals surface area contributed by atoms with Crippen LogP contribution in [-0.4, -0.2) is 29.7 Å². The van der Waals surface area contributed by atoms with E-state index in [0.717, 1.165) is 0 Å². The van der Waals surface area contributed by atoms with Crippen LogP contribution in [-0.2, 0) is 0 Å². The Morgan fingerprint density at radius 2 is 1.95 bits per heavy atom. The molecular weight excluding hydrogens is 294 g/mol. The second-order valence-corrected chi connectivity index (χ2v) is 4.10. The molecule has 2 heterocycles. The summed E-state index contributed by atoms with van der Waals surface area (Å²) in [6, 6.07) is 8.54. The Balaban J connectivity index is 1.90. The van der Waals surface area contributed by atoms with Crippen LogP contribution in [0.15, 0.2) is 36.9 Å². The molecule has 9 heteroatoms. The second-order valence-electron chi connectivity index (χ2n) is 3.77. The minimum Gasteiger partial charge on any atom is -0.424 e. The van der Waals surface area contributed by atoms with E-state index in [9.17, 15) is 0 Å². The molecule has 21 heavy (non-hydrogen) atoms. The second kappa shape index (κ2) is 5.52. The quantitative estimate of drug-likeness (QED) is 0.726. The molecule has 2 aromatic heterocycles. The Labute approximate surface area is 123 Å². The van der Waals surface area contributed by atoms with Gasteiger partial charge in [-0.05, 0) is 35.9 Å². The average molecular weight is 300 g/mol. The van der Waals surface area contributed by atoms with Crippen molar-refractivity contribution >= 4 is 11.6 Å². The van der Waals surface area contributed by atoms with E-state index in [1.165, 1.54) is 17.3 Å². The lowest BCUT2D eigenvalue weighted by Crippen LogP contribution is -2.05. The molecule has 0 saturated heterocycles. The molecule has 3 rings (SSSR count). The van der Waals surface area contributed by atoms with Crippen LogP contribution in [0, 0.1) is 11.3 Å². The maximum absolute atomic E-state index is 8.74. The lowest BCUT2D eigenvalue weighted by molar-refractivity contribution is 0.437. The van der Waals surface area contributed by atoms with Crippen molar-refractivity contribution in [3.05, 3.63) is 47.8 Å². The first kappa shape index (κ1) is 13.0. The zero-order valence-corrected chi connectivity index (χ0v) is 11.1. The highest BCUT2D eigenvalue weighted by Gasteiger charge is 2.09. The molecular formula is C12H6ClN7O. The fourth-order valence-electron chi connectivity index (χ4n) is 1.48. The molecule has 1 aromatic carbocycles. The summed E-state index contributed by atoms with van der Waals surface area (Å²) < 4.78 is 6.81. The number of halogens is 1. The molecule has 0 saturated carbocycles. The van der Waals surface area contributed by atoms with Crippen LogP contribution < -0.4 is 4.74 Å². The zero-order valence-electron chi connectivity index (χ0n) is 10.4. The Morgan fingerprint density at radius 3 is 2.62 bits per heavy atom. The van der Waals surface area contributed by atoms with Crippen molar-refractivity contribution in [3.63, 3.8) is 0 Å². The topological polar surface area (TPSA) is 102 Å². The number of nitriles is 1. The fourth-order valence-corrected chi connectivity index (χ4v) is 1.63. The van der Waals surface area contributed by atoms with Crippen LogP contribution in [0.2, 0.25) is 5.28 Å². The molecule has 0 fully saturated rings. The van der Waals surface area contributed by atoms with E-state index >= 15 is 0 Å². The maximum atomic E-state index is 8.74. The molecule has 0 atom stereocenters. The molecule has 8 nitrogen and oxygen atoms in total. The van der Waals surface area contributed by atoms with E-state index in [0.29, 0.717) is 11.3 Å². The van der Waals surface area contributed by atoms with Crippen molar-refractivity contribution in [2.75, 3.05) is 0 Å².